The molecule has 4 fully saturated rings. The summed E-state index contributed by atoms with van der Waals surface area (Å²) in [5.74, 6) is 6.36. The third kappa shape index (κ3) is 4.98. The first-order valence-electron chi connectivity index (χ1n) is 12.0. The SMILES string of the molecule is C.CC.CCC1CCC2C3CCC4CC(C)CCC4(C)C3CC12C.CP.CS. The lowest BCUT2D eigenvalue weighted by Crippen LogP contribution is -2.45. The zero-order valence-electron chi connectivity index (χ0n) is 19.9. The van der Waals surface area contributed by atoms with Gasteiger partial charge in [0, 0.05) is 0 Å². The van der Waals surface area contributed by atoms with Crippen molar-refractivity contribution < 1.29 is 0 Å². The Kier molecular flexibility index (Phi) is 12.9. The summed E-state index contributed by atoms with van der Waals surface area (Å²) in [6.07, 6.45) is 15.5. The van der Waals surface area contributed by atoms with Crippen molar-refractivity contribution in [2.24, 2.45) is 46.3 Å². The average Bonchev–Trinajstić information content (AvgIpc) is 3.19. The molecule has 28 heavy (non-hydrogen) atoms. The van der Waals surface area contributed by atoms with Crippen molar-refractivity contribution in [2.75, 3.05) is 12.9 Å². The highest BCUT2D eigenvalue weighted by Crippen LogP contribution is 2.71. The number of thiol groups is 1. The minimum absolute atomic E-state index is 0. The van der Waals surface area contributed by atoms with Gasteiger partial charge in [-0.25, -0.2) is 0 Å². The minimum atomic E-state index is 0. The Morgan fingerprint density at radius 1 is 0.893 bits per heavy atom. The molecule has 0 bridgehead atoms. The van der Waals surface area contributed by atoms with Crippen molar-refractivity contribution in [1.29, 1.82) is 0 Å². The van der Waals surface area contributed by atoms with Crippen molar-refractivity contribution in [3.63, 3.8) is 0 Å². The van der Waals surface area contributed by atoms with Crippen LogP contribution in [0.5, 0.6) is 0 Å². The fraction of sp³-hybridized carbons (Fsp3) is 1.00. The smallest absolute Gasteiger partial charge is 0.0215 e. The second kappa shape index (κ2) is 12.6. The van der Waals surface area contributed by atoms with E-state index in [9.17, 15) is 0 Å². The van der Waals surface area contributed by atoms with Crippen molar-refractivity contribution >= 4 is 21.9 Å². The Bertz CT molecular complexity index is 425. The molecule has 2 heteroatoms. The van der Waals surface area contributed by atoms with E-state index < -0.39 is 0 Å². The van der Waals surface area contributed by atoms with Crippen LogP contribution in [0.2, 0.25) is 0 Å². The maximum absolute atomic E-state index is 3.53. The van der Waals surface area contributed by atoms with Gasteiger partial charge in [0.2, 0.25) is 0 Å². The van der Waals surface area contributed by atoms with E-state index in [1.54, 1.807) is 38.4 Å². The molecule has 0 aliphatic heterocycles. The monoisotopic (exact) mass is 430 g/mol. The molecule has 0 nitrogen and oxygen atoms in total. The third-order valence-electron chi connectivity index (χ3n) is 9.28. The maximum atomic E-state index is 3.53. The normalized spacial score (nSPS) is 45.2. The molecule has 0 radical (unpaired) electrons. The Morgan fingerprint density at radius 3 is 2.07 bits per heavy atom. The first-order chi connectivity index (χ1) is 13.0. The average molecular weight is 431 g/mol. The Balaban J connectivity index is 0.000000957. The Hall–Kier alpha value is 0.780. The van der Waals surface area contributed by atoms with Crippen molar-refractivity contribution in [1.82, 2.24) is 0 Å². The number of fused-ring (bicyclic) bond motifs is 5. The molecule has 9 unspecified atom stereocenters. The summed E-state index contributed by atoms with van der Waals surface area (Å²) in [4.78, 5) is 0. The predicted octanol–water partition coefficient (Wildman–Crippen LogP) is 9.00. The first kappa shape index (κ1) is 28.8. The second-order valence-electron chi connectivity index (χ2n) is 9.93. The molecule has 4 aliphatic carbocycles. The van der Waals surface area contributed by atoms with E-state index in [2.05, 4.69) is 49.6 Å². The van der Waals surface area contributed by atoms with E-state index >= 15 is 0 Å². The van der Waals surface area contributed by atoms with Crippen LogP contribution in [-0.2, 0) is 0 Å². The summed E-state index contributed by atoms with van der Waals surface area (Å²) in [7, 11) is 2.42. The first-order valence-corrected chi connectivity index (χ1v) is 14.1. The molecule has 0 spiro atoms. The minimum Gasteiger partial charge on any atom is -0.183 e. The predicted molar refractivity (Wildman–Crippen MR) is 139 cm³/mol. The standard InChI is InChI=1S/C21H36.C2H6.CH5P.CH4S.CH4/c1-5-15-7-9-18-17-8-6-16-12-14(2)10-11-20(16,3)19(17)13-21(15,18)4;3*1-2;/h14-19H,5-13H2,1-4H3;1-2H3;2H2,1H3;2H,1H3;1H4. The highest BCUT2D eigenvalue weighted by Gasteiger charge is 2.63. The second-order valence-corrected chi connectivity index (χ2v) is 9.93. The van der Waals surface area contributed by atoms with Gasteiger partial charge in [-0.05, 0) is 97.5 Å². The van der Waals surface area contributed by atoms with Gasteiger partial charge in [0.15, 0.2) is 0 Å². The molecule has 0 N–H and O–H groups in total. The number of rotatable bonds is 1. The van der Waals surface area contributed by atoms with Crippen LogP contribution in [0.25, 0.3) is 0 Å². The Labute approximate surface area is 187 Å². The van der Waals surface area contributed by atoms with Crippen molar-refractivity contribution in [3.05, 3.63) is 0 Å². The topological polar surface area (TPSA) is 0 Å². The lowest BCUT2D eigenvalue weighted by molar-refractivity contribution is -0.0439. The largest absolute Gasteiger partial charge is 0.183 e. The molecular formula is C26H55PS. The van der Waals surface area contributed by atoms with Gasteiger partial charge < -0.3 is 0 Å². The summed E-state index contributed by atoms with van der Waals surface area (Å²) in [6.45, 7) is 16.3. The van der Waals surface area contributed by atoms with E-state index in [0.29, 0.717) is 10.8 Å². The van der Waals surface area contributed by atoms with Gasteiger partial charge in [-0.1, -0.05) is 68.5 Å². The van der Waals surface area contributed by atoms with Gasteiger partial charge in [-0.2, -0.15) is 12.6 Å². The molecule has 4 saturated carbocycles. The maximum Gasteiger partial charge on any atom is -0.0215 e. The summed E-state index contributed by atoms with van der Waals surface area (Å²) in [5, 5.41) is 0. The molecule has 4 rings (SSSR count). The Morgan fingerprint density at radius 2 is 1.50 bits per heavy atom. The van der Waals surface area contributed by atoms with Gasteiger partial charge in [-0.3, -0.25) is 0 Å². The molecule has 0 aromatic rings. The molecule has 4 aliphatic rings. The van der Waals surface area contributed by atoms with E-state index in [1.807, 2.05) is 20.5 Å². The van der Waals surface area contributed by atoms with Crippen molar-refractivity contribution in [2.45, 2.75) is 107 Å². The van der Waals surface area contributed by atoms with Crippen LogP contribution in [0, 0.1) is 46.3 Å². The van der Waals surface area contributed by atoms with E-state index in [4.69, 9.17) is 0 Å². The molecule has 0 heterocycles. The molecule has 9 atom stereocenters. The van der Waals surface area contributed by atoms with Crippen LogP contribution < -0.4 is 0 Å². The molecule has 0 aromatic carbocycles. The fourth-order valence-corrected chi connectivity index (χ4v) is 8.03. The quantitative estimate of drug-likeness (QED) is 0.311. The van der Waals surface area contributed by atoms with Crippen LogP contribution >= 0.6 is 21.9 Å². The van der Waals surface area contributed by atoms with Gasteiger partial charge in [0.05, 0.1) is 0 Å². The summed E-state index contributed by atoms with van der Waals surface area (Å²) in [5.41, 5.74) is 1.42. The number of hydrogen-bond donors (Lipinski definition) is 1. The van der Waals surface area contributed by atoms with Gasteiger partial charge in [-0.15, -0.1) is 9.24 Å². The fourth-order valence-electron chi connectivity index (χ4n) is 8.03. The zero-order valence-corrected chi connectivity index (χ0v) is 21.9. The van der Waals surface area contributed by atoms with Gasteiger partial charge >= 0.3 is 0 Å². The van der Waals surface area contributed by atoms with Crippen LogP contribution in [0.15, 0.2) is 0 Å². The van der Waals surface area contributed by atoms with Crippen LogP contribution in [0.4, 0.5) is 0 Å². The highest BCUT2D eigenvalue weighted by atomic mass is 32.1. The van der Waals surface area contributed by atoms with Gasteiger partial charge in [0.1, 0.15) is 0 Å². The summed E-state index contributed by atoms with van der Waals surface area (Å²) in [6, 6.07) is 0. The van der Waals surface area contributed by atoms with Crippen molar-refractivity contribution in [3.8, 4) is 0 Å². The van der Waals surface area contributed by atoms with E-state index in [0.717, 1.165) is 35.5 Å². The van der Waals surface area contributed by atoms with Crippen LogP contribution in [0.3, 0.4) is 0 Å². The lowest BCUT2D eigenvalue weighted by atomic mass is 9.51. The molecule has 0 amide bonds. The van der Waals surface area contributed by atoms with E-state index in [1.165, 1.54) is 25.7 Å². The molecular weight excluding hydrogens is 375 g/mol. The molecule has 0 saturated heterocycles. The number of hydrogen-bond acceptors (Lipinski definition) is 1. The lowest BCUT2D eigenvalue weighted by Gasteiger charge is -2.54. The molecule has 170 valence electrons. The summed E-state index contributed by atoms with van der Waals surface area (Å²) >= 11 is 3.53. The highest BCUT2D eigenvalue weighted by molar-refractivity contribution is 7.79. The van der Waals surface area contributed by atoms with Gasteiger partial charge in [0.25, 0.3) is 0 Å². The van der Waals surface area contributed by atoms with E-state index in [-0.39, 0.29) is 7.43 Å². The van der Waals surface area contributed by atoms with Crippen LogP contribution in [-0.4, -0.2) is 12.9 Å². The third-order valence-corrected chi connectivity index (χ3v) is 9.28. The zero-order chi connectivity index (χ0) is 20.8. The van der Waals surface area contributed by atoms with Crippen LogP contribution in [0.1, 0.15) is 107 Å². The molecule has 0 aromatic heterocycles. The summed E-state index contributed by atoms with van der Waals surface area (Å²) < 4.78 is 0.